The minimum atomic E-state index is -3.91. The van der Waals surface area contributed by atoms with Crippen LogP contribution in [0.25, 0.3) is 0 Å². The Kier molecular flexibility index (Phi) is 7.57. The maximum absolute atomic E-state index is 12.5. The molecule has 2 unspecified atom stereocenters. The van der Waals surface area contributed by atoms with Crippen molar-refractivity contribution < 1.29 is 22.7 Å². The van der Waals surface area contributed by atoms with E-state index in [1.807, 2.05) is 0 Å². The highest BCUT2D eigenvalue weighted by atomic mass is 35.5. The molecule has 2 rings (SSSR count). The number of ether oxygens (including phenoxy) is 2. The third-order valence-corrected chi connectivity index (χ3v) is 5.32. The first-order valence-corrected chi connectivity index (χ1v) is 11.0. The molecule has 28 heavy (non-hydrogen) atoms. The second kappa shape index (κ2) is 9.15. The van der Waals surface area contributed by atoms with Gasteiger partial charge in [-0.1, -0.05) is 29.3 Å². The summed E-state index contributed by atoms with van der Waals surface area (Å²) in [7, 11) is -3.91. The quantitative estimate of drug-likeness (QED) is 0.727. The van der Waals surface area contributed by atoms with Crippen molar-refractivity contribution in [1.29, 1.82) is 0 Å². The molecule has 3 N–H and O–H groups in total. The second-order valence-electron chi connectivity index (χ2n) is 7.54. The molecule has 0 aliphatic carbocycles. The second-order valence-corrected chi connectivity index (χ2v) is 9.74. The molecular weight excluding hydrogens is 429 g/mol. The number of amides is 1. The maximum atomic E-state index is 12.5. The first kappa shape index (κ1) is 23.2. The summed E-state index contributed by atoms with van der Waals surface area (Å²) in [5.41, 5.74) is 0.0727. The molecule has 0 spiro atoms. The molecular formula is C17H25Cl2N3O5S. The Morgan fingerprint density at radius 3 is 2.61 bits per heavy atom. The topological polar surface area (TPSA) is 111 Å². The van der Waals surface area contributed by atoms with Crippen molar-refractivity contribution >= 4 is 39.5 Å². The molecule has 0 saturated carbocycles. The molecule has 1 aliphatic rings. The van der Waals surface area contributed by atoms with E-state index in [4.69, 9.17) is 37.8 Å². The fraction of sp³-hybridized carbons (Fsp3) is 0.588. The van der Waals surface area contributed by atoms with Gasteiger partial charge in [0.25, 0.3) is 10.2 Å². The SMILES string of the molecule is CC(C)(C)OC(=O)N1CCOC(c2ccc(Cl)c(Cl)c2)C(CNS(N)(=O)=O)C1. The monoisotopic (exact) mass is 453 g/mol. The summed E-state index contributed by atoms with van der Waals surface area (Å²) in [6.07, 6.45) is -1.01. The highest BCUT2D eigenvalue weighted by molar-refractivity contribution is 7.87. The summed E-state index contributed by atoms with van der Waals surface area (Å²) in [6, 6.07) is 5.07. The smallest absolute Gasteiger partial charge is 0.410 e. The van der Waals surface area contributed by atoms with Crippen LogP contribution in [-0.2, 0) is 19.7 Å². The first-order valence-electron chi connectivity index (χ1n) is 8.67. The maximum Gasteiger partial charge on any atom is 0.410 e. The molecule has 1 saturated heterocycles. The number of benzene rings is 1. The molecule has 1 amide bonds. The van der Waals surface area contributed by atoms with Gasteiger partial charge in [0.1, 0.15) is 5.60 Å². The van der Waals surface area contributed by atoms with Crippen molar-refractivity contribution in [2.24, 2.45) is 11.1 Å². The van der Waals surface area contributed by atoms with Crippen molar-refractivity contribution in [3.8, 4) is 0 Å². The lowest BCUT2D eigenvalue weighted by molar-refractivity contribution is 0.0231. The van der Waals surface area contributed by atoms with Crippen molar-refractivity contribution in [3.63, 3.8) is 0 Å². The predicted octanol–water partition coefficient (Wildman–Crippen LogP) is 2.71. The third kappa shape index (κ3) is 7.06. The van der Waals surface area contributed by atoms with E-state index in [0.29, 0.717) is 16.6 Å². The Morgan fingerprint density at radius 2 is 2.04 bits per heavy atom. The van der Waals surface area contributed by atoms with Crippen LogP contribution < -0.4 is 9.86 Å². The summed E-state index contributed by atoms with van der Waals surface area (Å²) in [4.78, 5) is 14.0. The van der Waals surface area contributed by atoms with Gasteiger partial charge >= 0.3 is 6.09 Å². The van der Waals surface area contributed by atoms with Crippen LogP contribution in [0.1, 0.15) is 32.4 Å². The molecule has 8 nitrogen and oxygen atoms in total. The Labute approximate surface area is 175 Å². The molecule has 11 heteroatoms. The minimum Gasteiger partial charge on any atom is -0.444 e. The predicted molar refractivity (Wildman–Crippen MR) is 108 cm³/mol. The molecule has 0 bridgehead atoms. The average molecular weight is 454 g/mol. The van der Waals surface area contributed by atoms with Crippen LogP contribution in [0.4, 0.5) is 4.79 Å². The van der Waals surface area contributed by atoms with E-state index in [2.05, 4.69) is 4.72 Å². The zero-order chi connectivity index (χ0) is 21.1. The lowest BCUT2D eigenvalue weighted by atomic mass is 9.95. The highest BCUT2D eigenvalue weighted by Crippen LogP contribution is 2.33. The van der Waals surface area contributed by atoms with E-state index in [1.165, 1.54) is 4.90 Å². The molecule has 1 fully saturated rings. The standard InChI is InChI=1S/C17H25Cl2N3O5S/c1-17(2,3)27-16(23)22-6-7-26-15(11-4-5-13(18)14(19)8-11)12(10-22)9-21-28(20,24)25/h4-5,8,12,15,21H,6-7,9-10H2,1-3H3,(H2,20,24,25). The van der Waals surface area contributed by atoms with E-state index in [0.717, 1.165) is 5.56 Å². The van der Waals surface area contributed by atoms with Crippen LogP contribution >= 0.6 is 23.2 Å². The first-order chi connectivity index (χ1) is 12.9. The van der Waals surface area contributed by atoms with Crippen molar-refractivity contribution in [3.05, 3.63) is 33.8 Å². The van der Waals surface area contributed by atoms with Gasteiger partial charge < -0.3 is 14.4 Å². The van der Waals surface area contributed by atoms with Gasteiger partial charge in [-0.3, -0.25) is 0 Å². The fourth-order valence-corrected chi connectivity index (χ4v) is 3.59. The Bertz CT molecular complexity index is 814. The summed E-state index contributed by atoms with van der Waals surface area (Å²) in [5, 5.41) is 5.83. The van der Waals surface area contributed by atoms with Crippen molar-refractivity contribution in [1.82, 2.24) is 9.62 Å². The van der Waals surface area contributed by atoms with E-state index in [-0.39, 0.29) is 19.7 Å². The van der Waals surface area contributed by atoms with E-state index in [1.54, 1.807) is 39.0 Å². The van der Waals surface area contributed by atoms with Crippen LogP contribution in [-0.4, -0.2) is 51.3 Å². The van der Waals surface area contributed by atoms with Gasteiger partial charge in [0.15, 0.2) is 0 Å². The van der Waals surface area contributed by atoms with Crippen LogP contribution in [0.5, 0.6) is 0 Å². The number of carbonyl (C=O) groups is 1. The number of hydrogen-bond acceptors (Lipinski definition) is 5. The lowest BCUT2D eigenvalue weighted by Crippen LogP contribution is -2.43. The van der Waals surface area contributed by atoms with Gasteiger partial charge in [-0.2, -0.15) is 8.42 Å². The number of nitrogens with zero attached hydrogens (tertiary/aromatic N) is 1. The number of nitrogens with one attached hydrogen (secondary N) is 1. The molecule has 1 aromatic carbocycles. The average Bonchev–Trinajstić information content (AvgIpc) is 2.76. The number of rotatable bonds is 4. The van der Waals surface area contributed by atoms with Gasteiger partial charge in [-0.15, -0.1) is 0 Å². The molecule has 1 aliphatic heterocycles. The number of carbonyl (C=O) groups excluding carboxylic acids is 1. The van der Waals surface area contributed by atoms with E-state index < -0.39 is 33.9 Å². The Balaban J connectivity index is 2.27. The van der Waals surface area contributed by atoms with Crippen molar-refractivity contribution in [2.75, 3.05) is 26.2 Å². The fourth-order valence-electron chi connectivity index (χ4n) is 2.84. The van der Waals surface area contributed by atoms with Crippen LogP contribution in [0.2, 0.25) is 10.0 Å². The van der Waals surface area contributed by atoms with Gasteiger partial charge in [-0.25, -0.2) is 14.7 Å². The zero-order valence-corrected chi connectivity index (χ0v) is 18.3. The van der Waals surface area contributed by atoms with E-state index in [9.17, 15) is 13.2 Å². The van der Waals surface area contributed by atoms with Crippen LogP contribution in [0.3, 0.4) is 0 Å². The number of nitrogens with two attached hydrogens (primary N) is 1. The molecule has 158 valence electrons. The Morgan fingerprint density at radius 1 is 1.36 bits per heavy atom. The number of hydrogen-bond donors (Lipinski definition) is 2. The summed E-state index contributed by atoms with van der Waals surface area (Å²) in [5.74, 6) is -0.425. The van der Waals surface area contributed by atoms with Crippen LogP contribution in [0, 0.1) is 5.92 Å². The molecule has 2 atom stereocenters. The molecule has 1 aromatic rings. The lowest BCUT2D eigenvalue weighted by Gasteiger charge is -2.29. The minimum absolute atomic E-state index is 0.0248. The van der Waals surface area contributed by atoms with Gasteiger partial charge in [-0.05, 0) is 38.5 Å². The zero-order valence-electron chi connectivity index (χ0n) is 15.9. The van der Waals surface area contributed by atoms with Crippen molar-refractivity contribution in [2.45, 2.75) is 32.5 Å². The number of halogens is 2. The van der Waals surface area contributed by atoms with Gasteiger partial charge in [0.05, 0.1) is 22.8 Å². The molecule has 0 aromatic heterocycles. The largest absolute Gasteiger partial charge is 0.444 e. The Hall–Kier alpha value is -1.10. The molecule has 0 radical (unpaired) electrons. The highest BCUT2D eigenvalue weighted by Gasteiger charge is 2.33. The summed E-state index contributed by atoms with van der Waals surface area (Å²) >= 11 is 12.1. The van der Waals surface area contributed by atoms with Crippen LogP contribution in [0.15, 0.2) is 18.2 Å². The normalized spacial score (nSPS) is 21.3. The van der Waals surface area contributed by atoms with Gasteiger partial charge in [0.2, 0.25) is 0 Å². The summed E-state index contributed by atoms with van der Waals surface area (Å²) < 4.78 is 36.4. The van der Waals surface area contributed by atoms with Gasteiger partial charge in [0, 0.05) is 25.6 Å². The molecule has 1 heterocycles. The van der Waals surface area contributed by atoms with E-state index >= 15 is 0 Å². The third-order valence-electron chi connectivity index (χ3n) is 4.01. The summed E-state index contributed by atoms with van der Waals surface area (Å²) in [6.45, 7) is 6.06.